The summed E-state index contributed by atoms with van der Waals surface area (Å²) in [5, 5.41) is 10.8. The number of allylic oxidation sites excluding steroid dienone is 2. The SMILES string of the molecule is CCC(C)C.Cc1ccc(C2CCCC2)nn1.N/C=C\C=C(/N)NC(=O)Cc1ccccc1.O=CCc1ccccc1. The highest BCUT2D eigenvalue weighted by Gasteiger charge is 2.18. The van der Waals surface area contributed by atoms with Crippen LogP contribution in [0.4, 0.5) is 0 Å². The van der Waals surface area contributed by atoms with E-state index in [0.29, 0.717) is 18.8 Å². The zero-order valence-electron chi connectivity index (χ0n) is 25.7. The van der Waals surface area contributed by atoms with Crippen LogP contribution in [0.15, 0.2) is 97.0 Å². The summed E-state index contributed by atoms with van der Waals surface area (Å²) in [6.07, 6.45) is 12.8. The Morgan fingerprint density at radius 2 is 1.52 bits per heavy atom. The molecule has 3 aromatic rings. The van der Waals surface area contributed by atoms with Gasteiger partial charge in [-0.2, -0.15) is 10.2 Å². The molecule has 1 aliphatic carbocycles. The molecule has 1 amide bonds. The van der Waals surface area contributed by atoms with Gasteiger partial charge < -0.3 is 21.6 Å². The van der Waals surface area contributed by atoms with Gasteiger partial charge in [-0.1, -0.05) is 101 Å². The fourth-order valence-corrected chi connectivity index (χ4v) is 3.75. The van der Waals surface area contributed by atoms with E-state index < -0.39 is 0 Å². The number of aryl methyl sites for hydroxylation is 1. The van der Waals surface area contributed by atoms with Crippen molar-refractivity contribution in [2.75, 3.05) is 0 Å². The van der Waals surface area contributed by atoms with Crippen LogP contribution in [-0.4, -0.2) is 22.4 Å². The average molecular weight is 572 g/mol. The number of carbonyl (C=O) groups excluding carboxylic acids is 2. The fraction of sp³-hybridized carbons (Fsp3) is 0.371. The fourth-order valence-electron chi connectivity index (χ4n) is 3.75. The Hall–Kier alpha value is -4.26. The maximum absolute atomic E-state index is 11.5. The number of nitrogens with one attached hydrogen (secondary N) is 1. The molecule has 0 radical (unpaired) electrons. The van der Waals surface area contributed by atoms with Gasteiger partial charge in [-0.25, -0.2) is 0 Å². The second-order valence-corrected chi connectivity index (χ2v) is 10.5. The van der Waals surface area contributed by atoms with E-state index in [0.717, 1.165) is 29.0 Å². The summed E-state index contributed by atoms with van der Waals surface area (Å²) in [6.45, 7) is 8.62. The number of rotatable bonds is 8. The molecule has 1 aromatic heterocycles. The predicted molar refractivity (Wildman–Crippen MR) is 173 cm³/mol. The highest BCUT2D eigenvalue weighted by molar-refractivity contribution is 5.80. The van der Waals surface area contributed by atoms with E-state index in [4.69, 9.17) is 11.5 Å². The molecule has 1 heterocycles. The van der Waals surface area contributed by atoms with Gasteiger partial charge in [0, 0.05) is 12.3 Å². The number of aromatic nitrogens is 2. The smallest absolute Gasteiger partial charge is 0.229 e. The summed E-state index contributed by atoms with van der Waals surface area (Å²) in [5.41, 5.74) is 14.9. The molecular weight excluding hydrogens is 522 g/mol. The molecule has 1 saturated carbocycles. The molecule has 1 fully saturated rings. The van der Waals surface area contributed by atoms with E-state index in [1.54, 1.807) is 6.08 Å². The standard InChI is InChI=1S/C12H15N3O.C10H14N2.C8H8O.C5H12/c13-8-4-7-11(14)15-12(16)9-10-5-2-1-3-6-10;1-8-6-7-10(12-11-8)9-4-2-3-5-9;9-7-6-8-4-2-1-3-5-8;1-4-5(2)3/h1-8H,9,13-14H2,(H,15,16);6-7,9H,2-5H2,1H3;1-5,7H,6H2;5H,4H2,1-3H3/b8-4-,11-7+;;;. The number of hydrogen-bond donors (Lipinski definition) is 3. The Morgan fingerprint density at radius 3 is 2.00 bits per heavy atom. The van der Waals surface area contributed by atoms with Crippen molar-refractivity contribution >= 4 is 12.2 Å². The maximum Gasteiger partial charge on any atom is 0.229 e. The van der Waals surface area contributed by atoms with E-state index in [2.05, 4.69) is 48.4 Å². The largest absolute Gasteiger partial charge is 0.405 e. The van der Waals surface area contributed by atoms with Crippen molar-refractivity contribution in [3.05, 3.63) is 119 Å². The van der Waals surface area contributed by atoms with Crippen LogP contribution < -0.4 is 16.8 Å². The number of benzene rings is 2. The van der Waals surface area contributed by atoms with Crippen molar-refractivity contribution < 1.29 is 9.59 Å². The Kier molecular flexibility index (Phi) is 19.1. The Bertz CT molecular complexity index is 1170. The lowest BCUT2D eigenvalue weighted by Crippen LogP contribution is -2.28. The minimum absolute atomic E-state index is 0.148. The van der Waals surface area contributed by atoms with E-state index in [9.17, 15) is 9.59 Å². The summed E-state index contributed by atoms with van der Waals surface area (Å²) in [5.74, 6) is 1.71. The lowest BCUT2D eigenvalue weighted by Gasteiger charge is -2.06. The van der Waals surface area contributed by atoms with Gasteiger partial charge in [0.05, 0.1) is 17.8 Å². The summed E-state index contributed by atoms with van der Waals surface area (Å²) < 4.78 is 0. The lowest BCUT2D eigenvalue weighted by molar-refractivity contribution is -0.119. The summed E-state index contributed by atoms with van der Waals surface area (Å²) in [6, 6.07) is 23.3. The van der Waals surface area contributed by atoms with Crippen LogP contribution in [0, 0.1) is 12.8 Å². The molecule has 0 atom stereocenters. The second-order valence-electron chi connectivity index (χ2n) is 10.5. The van der Waals surface area contributed by atoms with Crippen LogP contribution in [0.2, 0.25) is 0 Å². The molecular formula is C35H49N5O2. The highest BCUT2D eigenvalue weighted by Crippen LogP contribution is 2.32. The highest BCUT2D eigenvalue weighted by atomic mass is 16.1. The van der Waals surface area contributed by atoms with E-state index in [1.165, 1.54) is 50.1 Å². The Morgan fingerprint density at radius 1 is 0.952 bits per heavy atom. The van der Waals surface area contributed by atoms with Crippen LogP contribution in [-0.2, 0) is 22.4 Å². The first-order chi connectivity index (χ1) is 20.3. The third kappa shape index (κ3) is 17.4. The third-order valence-corrected chi connectivity index (χ3v) is 6.45. The lowest BCUT2D eigenvalue weighted by atomic mass is 10.0. The second kappa shape index (κ2) is 22.4. The third-order valence-electron chi connectivity index (χ3n) is 6.45. The molecule has 7 heteroatoms. The Labute approximate surface area is 252 Å². The van der Waals surface area contributed by atoms with Crippen LogP contribution in [0.25, 0.3) is 0 Å². The van der Waals surface area contributed by atoms with Gasteiger partial charge in [-0.3, -0.25) is 4.79 Å². The van der Waals surface area contributed by atoms with Gasteiger partial charge in [-0.15, -0.1) is 0 Å². The number of nitrogens with two attached hydrogens (primary N) is 2. The zero-order valence-corrected chi connectivity index (χ0v) is 25.7. The molecule has 7 nitrogen and oxygen atoms in total. The topological polar surface area (TPSA) is 124 Å². The predicted octanol–water partition coefficient (Wildman–Crippen LogP) is 6.54. The van der Waals surface area contributed by atoms with Crippen molar-refractivity contribution in [1.29, 1.82) is 0 Å². The molecule has 0 bridgehead atoms. The molecule has 42 heavy (non-hydrogen) atoms. The van der Waals surface area contributed by atoms with Gasteiger partial charge >= 0.3 is 0 Å². The van der Waals surface area contributed by atoms with Gasteiger partial charge in [0.15, 0.2) is 0 Å². The average Bonchev–Trinajstić information content (AvgIpc) is 3.54. The van der Waals surface area contributed by atoms with E-state index in [-0.39, 0.29) is 11.7 Å². The molecule has 0 saturated heterocycles. The van der Waals surface area contributed by atoms with Gasteiger partial charge in [-0.05, 0) is 67.3 Å². The summed E-state index contributed by atoms with van der Waals surface area (Å²) in [4.78, 5) is 21.5. The monoisotopic (exact) mass is 571 g/mol. The number of aldehydes is 1. The number of carbonyl (C=O) groups is 2. The van der Waals surface area contributed by atoms with E-state index in [1.807, 2.05) is 67.6 Å². The van der Waals surface area contributed by atoms with Crippen molar-refractivity contribution in [3.63, 3.8) is 0 Å². The van der Waals surface area contributed by atoms with Crippen LogP contribution in [0.3, 0.4) is 0 Å². The number of hydrogen-bond acceptors (Lipinski definition) is 6. The number of nitrogens with zero attached hydrogens (tertiary/aromatic N) is 2. The molecule has 4 rings (SSSR count). The quantitative estimate of drug-likeness (QED) is 0.208. The maximum atomic E-state index is 11.5. The van der Waals surface area contributed by atoms with Crippen molar-refractivity contribution in [2.45, 2.75) is 78.6 Å². The molecule has 5 N–H and O–H groups in total. The van der Waals surface area contributed by atoms with Gasteiger partial charge in [0.25, 0.3) is 0 Å². The van der Waals surface area contributed by atoms with Crippen LogP contribution in [0.1, 0.15) is 81.3 Å². The molecule has 0 spiro atoms. The first-order valence-corrected chi connectivity index (χ1v) is 14.7. The molecule has 0 aliphatic heterocycles. The van der Waals surface area contributed by atoms with Crippen molar-refractivity contribution in [1.82, 2.24) is 15.5 Å². The van der Waals surface area contributed by atoms with E-state index >= 15 is 0 Å². The molecule has 1 aliphatic rings. The van der Waals surface area contributed by atoms with Crippen molar-refractivity contribution in [2.24, 2.45) is 17.4 Å². The zero-order chi connectivity index (χ0) is 31.0. The van der Waals surface area contributed by atoms with Gasteiger partial charge in [0.2, 0.25) is 5.91 Å². The molecule has 0 unspecified atom stereocenters. The first-order valence-electron chi connectivity index (χ1n) is 14.7. The molecule has 2 aromatic carbocycles. The minimum atomic E-state index is -0.148. The van der Waals surface area contributed by atoms with Gasteiger partial charge in [0.1, 0.15) is 12.1 Å². The van der Waals surface area contributed by atoms with Crippen molar-refractivity contribution in [3.8, 4) is 0 Å². The Balaban J connectivity index is 0.000000300. The van der Waals surface area contributed by atoms with Crippen LogP contribution in [0.5, 0.6) is 0 Å². The number of amides is 1. The summed E-state index contributed by atoms with van der Waals surface area (Å²) in [7, 11) is 0. The molecule has 226 valence electrons. The van der Waals surface area contributed by atoms with Crippen LogP contribution >= 0.6 is 0 Å². The summed E-state index contributed by atoms with van der Waals surface area (Å²) >= 11 is 0. The first kappa shape index (κ1) is 35.8. The minimum Gasteiger partial charge on any atom is -0.405 e. The normalized spacial score (nSPS) is 12.7.